The number of piperazine rings is 1. The Hall–Kier alpha value is -2.97. The molecule has 3 heterocycles. The minimum atomic E-state index is -0.596. The molecule has 0 bridgehead atoms. The van der Waals surface area contributed by atoms with E-state index in [4.69, 9.17) is 27.9 Å². The Balaban J connectivity index is 1.30. The minimum absolute atomic E-state index is 0.00487. The monoisotopic (exact) mass is 585 g/mol. The zero-order valence-corrected chi connectivity index (χ0v) is 25.2. The molecular formula is C30H37Cl2N5O3. The van der Waals surface area contributed by atoms with Crippen molar-refractivity contribution in [2.24, 2.45) is 0 Å². The van der Waals surface area contributed by atoms with E-state index in [1.165, 1.54) is 0 Å². The molecule has 2 amide bonds. The molecule has 3 atom stereocenters. The predicted molar refractivity (Wildman–Crippen MR) is 159 cm³/mol. The number of ether oxygens (including phenoxy) is 1. The van der Waals surface area contributed by atoms with Crippen LogP contribution in [0.4, 0.5) is 10.5 Å². The summed E-state index contributed by atoms with van der Waals surface area (Å²) in [6.07, 6.45) is 2.93. The van der Waals surface area contributed by atoms with Crippen LogP contribution in [0, 0.1) is 0 Å². The molecule has 0 saturated carbocycles. The molecule has 0 aliphatic carbocycles. The number of nitrogens with zero attached hydrogens (tertiary/aromatic N) is 5. The van der Waals surface area contributed by atoms with Gasteiger partial charge in [-0.2, -0.15) is 5.10 Å². The van der Waals surface area contributed by atoms with Gasteiger partial charge in [-0.25, -0.2) is 4.79 Å². The van der Waals surface area contributed by atoms with Gasteiger partial charge >= 0.3 is 6.09 Å². The normalized spacial score (nSPS) is 20.7. The lowest BCUT2D eigenvalue weighted by atomic mass is 10.1. The van der Waals surface area contributed by atoms with E-state index >= 15 is 0 Å². The molecule has 2 fully saturated rings. The molecule has 2 aliphatic heterocycles. The van der Waals surface area contributed by atoms with Gasteiger partial charge in [0.15, 0.2) is 0 Å². The van der Waals surface area contributed by atoms with Crippen molar-refractivity contribution in [2.75, 3.05) is 31.1 Å². The second-order valence-electron chi connectivity index (χ2n) is 11.8. The molecule has 5 rings (SSSR count). The quantitative estimate of drug-likeness (QED) is 0.355. The van der Waals surface area contributed by atoms with Crippen LogP contribution >= 0.6 is 23.2 Å². The van der Waals surface area contributed by atoms with Crippen molar-refractivity contribution >= 4 is 51.8 Å². The molecule has 0 unspecified atom stereocenters. The molecule has 3 aromatic rings. The smallest absolute Gasteiger partial charge is 0.410 e. The van der Waals surface area contributed by atoms with Gasteiger partial charge in [-0.3, -0.25) is 14.4 Å². The topological polar surface area (TPSA) is 70.9 Å². The fourth-order valence-corrected chi connectivity index (χ4v) is 6.34. The average molecular weight is 587 g/mol. The fourth-order valence-electron chi connectivity index (χ4n) is 5.78. The Bertz CT molecular complexity index is 1420. The van der Waals surface area contributed by atoms with Gasteiger partial charge in [-0.1, -0.05) is 29.3 Å². The van der Waals surface area contributed by atoms with Gasteiger partial charge in [0.2, 0.25) is 5.91 Å². The summed E-state index contributed by atoms with van der Waals surface area (Å²) in [4.78, 5) is 32.2. The van der Waals surface area contributed by atoms with Crippen molar-refractivity contribution in [3.8, 4) is 0 Å². The first kappa shape index (κ1) is 28.6. The van der Waals surface area contributed by atoms with E-state index in [2.05, 4.69) is 42.0 Å². The molecule has 214 valence electrons. The number of hydrogen-bond acceptors (Lipinski definition) is 5. The second-order valence-corrected chi connectivity index (χ2v) is 12.7. The summed E-state index contributed by atoms with van der Waals surface area (Å²) in [6, 6.07) is 11.4. The van der Waals surface area contributed by atoms with E-state index in [0.29, 0.717) is 42.6 Å². The van der Waals surface area contributed by atoms with Gasteiger partial charge in [-0.05, 0) is 83.4 Å². The zero-order valence-electron chi connectivity index (χ0n) is 23.7. The van der Waals surface area contributed by atoms with Crippen LogP contribution in [-0.2, 0) is 9.53 Å². The molecule has 40 heavy (non-hydrogen) atoms. The van der Waals surface area contributed by atoms with Crippen LogP contribution in [0.25, 0.3) is 10.9 Å². The van der Waals surface area contributed by atoms with E-state index in [9.17, 15) is 9.59 Å². The van der Waals surface area contributed by atoms with Crippen molar-refractivity contribution in [1.82, 2.24) is 19.6 Å². The highest BCUT2D eigenvalue weighted by Gasteiger charge is 2.40. The van der Waals surface area contributed by atoms with E-state index < -0.39 is 17.7 Å². The summed E-state index contributed by atoms with van der Waals surface area (Å²) in [5, 5.41) is 6.93. The van der Waals surface area contributed by atoms with Gasteiger partial charge in [0.1, 0.15) is 11.6 Å². The van der Waals surface area contributed by atoms with Gasteiger partial charge in [0.05, 0.1) is 17.8 Å². The largest absolute Gasteiger partial charge is 0.444 e. The summed E-state index contributed by atoms with van der Waals surface area (Å²) >= 11 is 12.6. The third-order valence-electron chi connectivity index (χ3n) is 7.80. The summed E-state index contributed by atoms with van der Waals surface area (Å²) < 4.78 is 7.56. The Morgan fingerprint density at radius 1 is 1.05 bits per heavy atom. The Labute approximate surface area is 245 Å². The Morgan fingerprint density at radius 3 is 2.52 bits per heavy atom. The van der Waals surface area contributed by atoms with Gasteiger partial charge < -0.3 is 14.5 Å². The fraction of sp³-hybridized carbons (Fsp3) is 0.500. The van der Waals surface area contributed by atoms with Crippen LogP contribution in [0.3, 0.4) is 0 Å². The maximum Gasteiger partial charge on any atom is 0.410 e. The molecule has 10 heteroatoms. The molecular weight excluding hydrogens is 549 g/mol. The molecule has 0 spiro atoms. The van der Waals surface area contributed by atoms with Crippen molar-refractivity contribution < 1.29 is 14.3 Å². The highest BCUT2D eigenvalue weighted by molar-refractivity contribution is 6.35. The van der Waals surface area contributed by atoms with Crippen LogP contribution < -0.4 is 4.90 Å². The van der Waals surface area contributed by atoms with Crippen molar-refractivity contribution in [2.45, 2.75) is 71.2 Å². The first-order valence-electron chi connectivity index (χ1n) is 13.9. The number of carbonyl (C=O) groups excluding carboxylic acids is 2. The zero-order chi connectivity index (χ0) is 28.8. The van der Waals surface area contributed by atoms with Crippen LogP contribution in [-0.4, -0.2) is 75.4 Å². The van der Waals surface area contributed by atoms with Crippen LogP contribution in [0.1, 0.15) is 59.1 Å². The number of halogens is 2. The van der Waals surface area contributed by atoms with Crippen LogP contribution in [0.15, 0.2) is 42.6 Å². The third kappa shape index (κ3) is 5.75. The first-order chi connectivity index (χ1) is 18.9. The molecule has 0 radical (unpaired) electrons. The maximum atomic E-state index is 13.6. The second kappa shape index (κ2) is 11.1. The lowest BCUT2D eigenvalue weighted by Crippen LogP contribution is -2.58. The Kier molecular flexibility index (Phi) is 7.94. The number of carbonyl (C=O) groups is 2. The third-order valence-corrected chi connectivity index (χ3v) is 8.37. The van der Waals surface area contributed by atoms with E-state index in [1.807, 2.05) is 48.7 Å². The first-order valence-corrected chi connectivity index (χ1v) is 14.7. The average Bonchev–Trinajstić information content (AvgIpc) is 3.54. The molecule has 8 nitrogen and oxygen atoms in total. The van der Waals surface area contributed by atoms with Gasteiger partial charge in [0.25, 0.3) is 0 Å². The number of fused-ring (bicyclic) bond motifs is 1. The number of likely N-dealkylation sites (tertiary alicyclic amines) is 1. The van der Waals surface area contributed by atoms with Crippen molar-refractivity contribution in [1.29, 1.82) is 0 Å². The van der Waals surface area contributed by atoms with Gasteiger partial charge in [-0.15, -0.1) is 0 Å². The van der Waals surface area contributed by atoms with E-state index in [0.717, 1.165) is 28.6 Å². The SMILES string of the molecule is C[C@@H]1CN(c2ccc3cnn([C@H](C)c4ccc(Cl)cc4Cl)c3c2)CCN1C(=O)[C@H]1CCCN1C(=O)OC(C)(C)C. The molecule has 1 aromatic heterocycles. The summed E-state index contributed by atoms with van der Waals surface area (Å²) in [5.74, 6) is 0.0118. The predicted octanol–water partition coefficient (Wildman–Crippen LogP) is 6.39. The van der Waals surface area contributed by atoms with E-state index in [-0.39, 0.29) is 18.0 Å². The van der Waals surface area contributed by atoms with Crippen LogP contribution in [0.2, 0.25) is 10.0 Å². The van der Waals surface area contributed by atoms with Crippen LogP contribution in [0.5, 0.6) is 0 Å². The van der Waals surface area contributed by atoms with Crippen molar-refractivity contribution in [3.63, 3.8) is 0 Å². The molecule has 2 saturated heterocycles. The molecule has 2 aromatic carbocycles. The highest BCUT2D eigenvalue weighted by Crippen LogP contribution is 2.32. The minimum Gasteiger partial charge on any atom is -0.444 e. The standard InChI is InChI=1S/C30H37Cl2N5O3/c1-19-18-34(13-14-35(19)28(38)26-7-6-12-36(26)29(39)40-30(3,4)5)23-10-8-21-17-33-37(27(21)16-23)20(2)24-11-9-22(31)15-25(24)32/h8-11,15-17,19-20,26H,6-7,12-14,18H2,1-5H3/t19-,20-,26-/m1/s1. The van der Waals surface area contributed by atoms with E-state index in [1.54, 1.807) is 11.0 Å². The Morgan fingerprint density at radius 2 is 1.82 bits per heavy atom. The maximum absolute atomic E-state index is 13.6. The number of benzene rings is 2. The highest BCUT2D eigenvalue weighted by atomic mass is 35.5. The van der Waals surface area contributed by atoms with Crippen molar-refractivity contribution in [3.05, 3.63) is 58.2 Å². The lowest BCUT2D eigenvalue weighted by Gasteiger charge is -2.42. The summed E-state index contributed by atoms with van der Waals surface area (Å²) in [6.45, 7) is 12.2. The number of aromatic nitrogens is 2. The number of amides is 2. The molecule has 0 N–H and O–H groups in total. The summed E-state index contributed by atoms with van der Waals surface area (Å²) in [7, 11) is 0. The lowest BCUT2D eigenvalue weighted by molar-refractivity contribution is -0.138. The number of rotatable bonds is 4. The molecule has 2 aliphatic rings. The summed E-state index contributed by atoms with van der Waals surface area (Å²) in [5.41, 5.74) is 2.45. The number of anilines is 1. The van der Waals surface area contributed by atoms with Gasteiger partial charge in [0, 0.05) is 53.3 Å². The number of hydrogen-bond donors (Lipinski definition) is 0.